The van der Waals surface area contributed by atoms with Crippen molar-refractivity contribution in [3.63, 3.8) is 0 Å². The molecule has 5 aliphatic carbocycles. The molecule has 0 aliphatic heterocycles. The Kier molecular flexibility index (Phi) is 15.7. The van der Waals surface area contributed by atoms with Gasteiger partial charge >= 0.3 is 29.8 Å². The summed E-state index contributed by atoms with van der Waals surface area (Å²) in [6, 6.07) is 0. The van der Waals surface area contributed by atoms with Gasteiger partial charge in [-0.2, -0.15) is 0 Å². The molecule has 0 saturated heterocycles. The molecule has 0 aromatic heterocycles. The highest BCUT2D eigenvalue weighted by Crippen LogP contribution is 2.77. The second-order valence-corrected chi connectivity index (χ2v) is 22.6. The molecule has 0 amide bonds. The van der Waals surface area contributed by atoms with Gasteiger partial charge in [-0.05, 0) is 145 Å². The van der Waals surface area contributed by atoms with Crippen molar-refractivity contribution in [3.05, 3.63) is 12.2 Å². The minimum Gasteiger partial charge on any atom is -0.481 e. The quantitative estimate of drug-likeness (QED) is 0.0484. The average Bonchev–Trinajstić information content (AvgIpc) is 3.59. The van der Waals surface area contributed by atoms with Crippen molar-refractivity contribution in [2.75, 3.05) is 52.9 Å². The molecule has 0 aromatic rings. The maximum atomic E-state index is 14.4. The van der Waals surface area contributed by atoms with Gasteiger partial charge in [0.15, 0.2) is 0 Å². The Balaban J connectivity index is 1.12. The lowest BCUT2D eigenvalue weighted by Crippen LogP contribution is -2.67. The molecular formula is C50H80O13. The normalized spacial score (nSPS) is 34.6. The number of carbonyl (C=O) groups is 5. The lowest BCUT2D eigenvalue weighted by Gasteiger charge is -2.72. The summed E-state index contributed by atoms with van der Waals surface area (Å²) in [6.07, 6.45) is 9.00. The first-order valence-electron chi connectivity index (χ1n) is 23.7. The Labute approximate surface area is 376 Å². The molecule has 358 valence electrons. The predicted octanol–water partition coefficient (Wildman–Crippen LogP) is 8.69. The third-order valence-electron chi connectivity index (χ3n) is 17.7. The van der Waals surface area contributed by atoms with E-state index in [9.17, 15) is 29.1 Å². The van der Waals surface area contributed by atoms with Crippen molar-refractivity contribution in [1.82, 2.24) is 0 Å². The zero-order chi connectivity index (χ0) is 46.8. The van der Waals surface area contributed by atoms with Crippen molar-refractivity contribution in [2.45, 2.75) is 152 Å². The third-order valence-corrected chi connectivity index (χ3v) is 17.7. The van der Waals surface area contributed by atoms with Crippen LogP contribution >= 0.6 is 0 Å². The van der Waals surface area contributed by atoms with Gasteiger partial charge in [0.25, 0.3) is 0 Å². The van der Waals surface area contributed by atoms with Gasteiger partial charge in [-0.3, -0.25) is 24.0 Å². The Morgan fingerprint density at radius 1 is 0.603 bits per heavy atom. The van der Waals surface area contributed by atoms with E-state index in [0.717, 1.165) is 69.8 Å². The van der Waals surface area contributed by atoms with Crippen molar-refractivity contribution < 1.29 is 62.6 Å². The Bertz CT molecular complexity index is 1700. The number of carboxylic acid groups (broad SMARTS) is 2. The van der Waals surface area contributed by atoms with Gasteiger partial charge in [-0.15, -0.1) is 0 Å². The molecule has 0 heterocycles. The van der Waals surface area contributed by atoms with E-state index in [-0.39, 0.29) is 84.8 Å². The first kappa shape index (κ1) is 51.0. The lowest BCUT2D eigenvalue weighted by atomic mass is 9.32. The largest absolute Gasteiger partial charge is 0.481 e. The molecule has 5 aliphatic rings. The number of allylic oxidation sites excluding steroid dienone is 1. The van der Waals surface area contributed by atoms with Crippen LogP contribution in [0, 0.1) is 67.5 Å². The summed E-state index contributed by atoms with van der Waals surface area (Å²) < 4.78 is 34.1. The average molecular weight is 889 g/mol. The summed E-state index contributed by atoms with van der Waals surface area (Å²) in [5, 5.41) is 18.8. The molecule has 5 saturated carbocycles. The molecule has 2 N–H and O–H groups in total. The molecule has 5 rings (SSSR count). The Morgan fingerprint density at radius 3 is 1.70 bits per heavy atom. The number of esters is 3. The predicted molar refractivity (Wildman–Crippen MR) is 235 cm³/mol. The van der Waals surface area contributed by atoms with Crippen molar-refractivity contribution in [3.8, 4) is 0 Å². The van der Waals surface area contributed by atoms with Gasteiger partial charge in [-0.1, -0.05) is 46.8 Å². The number of ether oxygens (including phenoxy) is 6. The molecule has 5 fully saturated rings. The van der Waals surface area contributed by atoms with Crippen LogP contribution in [0.1, 0.15) is 146 Å². The fraction of sp³-hybridized carbons (Fsp3) is 0.860. The zero-order valence-electron chi connectivity index (χ0n) is 40.2. The molecule has 0 unspecified atom stereocenters. The lowest BCUT2D eigenvalue weighted by molar-refractivity contribution is -0.251. The van der Waals surface area contributed by atoms with Gasteiger partial charge in [0.2, 0.25) is 0 Å². The monoisotopic (exact) mass is 889 g/mol. The highest BCUT2D eigenvalue weighted by atomic mass is 16.6. The summed E-state index contributed by atoms with van der Waals surface area (Å²) in [7, 11) is 0. The van der Waals surface area contributed by atoms with Crippen molar-refractivity contribution in [1.29, 1.82) is 0 Å². The number of carboxylic acids is 2. The molecule has 10 atom stereocenters. The zero-order valence-corrected chi connectivity index (χ0v) is 40.2. The van der Waals surface area contributed by atoms with Crippen LogP contribution in [0.15, 0.2) is 12.2 Å². The Morgan fingerprint density at radius 2 is 1.14 bits per heavy atom. The summed E-state index contributed by atoms with van der Waals surface area (Å²) >= 11 is 0. The van der Waals surface area contributed by atoms with E-state index >= 15 is 0 Å². The number of aliphatic carboxylic acids is 2. The van der Waals surface area contributed by atoms with E-state index in [1.54, 1.807) is 13.8 Å². The van der Waals surface area contributed by atoms with E-state index in [0.29, 0.717) is 44.2 Å². The molecular weight excluding hydrogens is 809 g/mol. The minimum atomic E-state index is -1.18. The molecule has 0 radical (unpaired) electrons. The molecule has 63 heavy (non-hydrogen) atoms. The maximum Gasteiger partial charge on any atom is 0.312 e. The SMILES string of the molecule is C=C(C)[C@@H]1CC[C@]2(C(=O)OCCOCCOCCOCCOC(=O)CC(C)(C)C(=O)O)CC[C@]3(C)[C@H](CC[C@@H]4[C@@]5(C)CC[C@H](OC(=O)CC(C)(C)C(=O)O)C(C)(C)[C@@H]5CC[C@]43C)[C@@H]12. The first-order chi connectivity index (χ1) is 29.3. The minimum absolute atomic E-state index is 0.0355. The van der Waals surface area contributed by atoms with Crippen LogP contribution in [-0.2, 0) is 52.4 Å². The van der Waals surface area contributed by atoms with E-state index in [1.807, 2.05) is 0 Å². The maximum absolute atomic E-state index is 14.4. The van der Waals surface area contributed by atoms with Crippen LogP contribution in [-0.4, -0.2) is 99.0 Å². The van der Waals surface area contributed by atoms with E-state index in [2.05, 4.69) is 48.1 Å². The highest BCUT2D eigenvalue weighted by molar-refractivity contribution is 5.82. The second kappa shape index (κ2) is 19.4. The van der Waals surface area contributed by atoms with Gasteiger partial charge < -0.3 is 38.6 Å². The van der Waals surface area contributed by atoms with Crippen LogP contribution in [0.25, 0.3) is 0 Å². The summed E-state index contributed by atoms with van der Waals surface area (Å²) in [5.74, 6) is -1.48. The van der Waals surface area contributed by atoms with Gasteiger partial charge in [0.05, 0.1) is 68.7 Å². The highest BCUT2D eigenvalue weighted by Gasteiger charge is 2.72. The van der Waals surface area contributed by atoms with E-state index in [4.69, 9.17) is 33.5 Å². The number of hydrogen-bond acceptors (Lipinski definition) is 11. The van der Waals surface area contributed by atoms with Crippen LogP contribution in [0.4, 0.5) is 0 Å². The fourth-order valence-electron chi connectivity index (χ4n) is 13.9. The van der Waals surface area contributed by atoms with Crippen molar-refractivity contribution >= 4 is 29.8 Å². The number of hydrogen-bond donors (Lipinski definition) is 2. The standard InChI is InChI=1S/C50H80O13/c1-32(2)33-14-19-50(43(57)62-29-27-60-25-23-58-22-24-59-26-28-61-38(51)30-44(3,4)41(53)54)21-20-48(10)34(40(33)50)12-13-36-47(9)17-16-37(63-39(52)31-45(5,6)42(55)56)46(7,8)35(47)15-18-49(36,48)11/h33-37,40H,1,12-31H2,2-11H3,(H,53,54)(H,55,56)/t33-,34+,35-,36+,37-,40+,47-,48+,49+,50-/m0/s1. The number of rotatable bonds is 21. The third kappa shape index (κ3) is 10.1. The van der Waals surface area contributed by atoms with Crippen molar-refractivity contribution in [2.24, 2.45) is 67.5 Å². The van der Waals surface area contributed by atoms with Crippen LogP contribution in [0.2, 0.25) is 0 Å². The molecule has 0 aromatic carbocycles. The molecule has 13 nitrogen and oxygen atoms in total. The topological polar surface area (TPSA) is 181 Å². The summed E-state index contributed by atoms with van der Waals surface area (Å²) in [5.41, 5.74) is -1.82. The van der Waals surface area contributed by atoms with Crippen LogP contribution in [0.3, 0.4) is 0 Å². The first-order valence-corrected chi connectivity index (χ1v) is 23.7. The van der Waals surface area contributed by atoms with Gasteiger partial charge in [0, 0.05) is 5.41 Å². The second-order valence-electron chi connectivity index (χ2n) is 22.6. The van der Waals surface area contributed by atoms with Gasteiger partial charge in [0.1, 0.15) is 19.3 Å². The number of carbonyl (C=O) groups excluding carboxylic acids is 3. The van der Waals surface area contributed by atoms with Crippen LogP contribution < -0.4 is 0 Å². The molecule has 0 bridgehead atoms. The van der Waals surface area contributed by atoms with Crippen LogP contribution in [0.5, 0.6) is 0 Å². The number of fused-ring (bicyclic) bond motifs is 7. The molecule has 0 spiro atoms. The fourth-order valence-corrected chi connectivity index (χ4v) is 13.9. The smallest absolute Gasteiger partial charge is 0.312 e. The van der Waals surface area contributed by atoms with Gasteiger partial charge in [-0.25, -0.2) is 0 Å². The van der Waals surface area contributed by atoms with E-state index in [1.165, 1.54) is 13.8 Å². The molecule has 13 heteroatoms. The van der Waals surface area contributed by atoms with E-state index < -0.39 is 40.1 Å². The summed E-state index contributed by atoms with van der Waals surface area (Å²) in [4.78, 5) is 62.3. The summed E-state index contributed by atoms with van der Waals surface area (Å²) in [6.45, 7) is 26.9. The Hall–Kier alpha value is -3.03.